The number of anilines is 1. The second kappa shape index (κ2) is 6.13. The van der Waals surface area contributed by atoms with Gasteiger partial charge in [0, 0.05) is 45.0 Å². The maximum absolute atomic E-state index is 13.2. The maximum Gasteiger partial charge on any atom is 0.123 e. The second-order valence-electron chi connectivity index (χ2n) is 4.68. The molecule has 18 heavy (non-hydrogen) atoms. The van der Waals surface area contributed by atoms with Crippen molar-refractivity contribution in [2.75, 3.05) is 45.1 Å². The van der Waals surface area contributed by atoms with E-state index >= 15 is 0 Å². The van der Waals surface area contributed by atoms with Crippen LogP contribution < -0.4 is 5.73 Å². The largest absolute Gasteiger partial charge is 0.398 e. The summed E-state index contributed by atoms with van der Waals surface area (Å²) in [6.07, 6.45) is 0. The molecular weight excluding hydrogens is 233 g/mol. The van der Waals surface area contributed by atoms with Gasteiger partial charge in [0.25, 0.3) is 0 Å². The van der Waals surface area contributed by atoms with Gasteiger partial charge in [-0.2, -0.15) is 0 Å². The molecule has 0 unspecified atom stereocenters. The molecule has 1 heterocycles. The van der Waals surface area contributed by atoms with Crippen LogP contribution in [0.5, 0.6) is 0 Å². The Morgan fingerprint density at radius 3 is 2.50 bits per heavy atom. The van der Waals surface area contributed by atoms with Crippen molar-refractivity contribution < 1.29 is 9.50 Å². The quantitative estimate of drug-likeness (QED) is 0.768. The molecule has 100 valence electrons. The molecule has 0 atom stereocenters. The highest BCUT2D eigenvalue weighted by Gasteiger charge is 2.17. The van der Waals surface area contributed by atoms with Crippen LogP contribution >= 0.6 is 0 Å². The van der Waals surface area contributed by atoms with Crippen molar-refractivity contribution in [2.45, 2.75) is 6.54 Å². The lowest BCUT2D eigenvalue weighted by atomic mass is 10.1. The normalized spacial score (nSPS) is 18.1. The minimum Gasteiger partial charge on any atom is -0.398 e. The van der Waals surface area contributed by atoms with Crippen LogP contribution in [0.4, 0.5) is 10.1 Å². The molecular formula is C13H20FN3O. The van der Waals surface area contributed by atoms with E-state index in [1.807, 2.05) is 0 Å². The Labute approximate surface area is 107 Å². The second-order valence-corrected chi connectivity index (χ2v) is 4.68. The SMILES string of the molecule is Nc1ccc(F)cc1CN1CCN(CCO)CC1. The highest BCUT2D eigenvalue weighted by atomic mass is 19.1. The van der Waals surface area contributed by atoms with Crippen molar-refractivity contribution in [1.82, 2.24) is 9.80 Å². The third-order valence-corrected chi connectivity index (χ3v) is 3.38. The molecule has 0 aliphatic carbocycles. The van der Waals surface area contributed by atoms with Crippen LogP contribution in [0.1, 0.15) is 5.56 Å². The number of nitrogens with two attached hydrogens (primary N) is 1. The predicted octanol–water partition coefficient (Wildman–Crippen LogP) is 0.518. The van der Waals surface area contributed by atoms with Crippen LogP contribution in [0.25, 0.3) is 0 Å². The highest BCUT2D eigenvalue weighted by molar-refractivity contribution is 5.46. The lowest BCUT2D eigenvalue weighted by Crippen LogP contribution is -2.46. The van der Waals surface area contributed by atoms with Crippen LogP contribution in [-0.4, -0.2) is 54.2 Å². The molecule has 1 aliphatic heterocycles. The van der Waals surface area contributed by atoms with E-state index in [2.05, 4.69) is 9.80 Å². The molecule has 0 aromatic heterocycles. The summed E-state index contributed by atoms with van der Waals surface area (Å²) < 4.78 is 13.2. The number of benzene rings is 1. The number of aliphatic hydroxyl groups is 1. The van der Waals surface area contributed by atoms with E-state index in [1.165, 1.54) is 12.1 Å². The minimum absolute atomic E-state index is 0.205. The van der Waals surface area contributed by atoms with Gasteiger partial charge >= 0.3 is 0 Å². The van der Waals surface area contributed by atoms with Gasteiger partial charge in [-0.15, -0.1) is 0 Å². The third-order valence-electron chi connectivity index (χ3n) is 3.38. The Morgan fingerprint density at radius 1 is 1.17 bits per heavy atom. The van der Waals surface area contributed by atoms with Gasteiger partial charge in [-0.25, -0.2) is 4.39 Å². The van der Waals surface area contributed by atoms with Gasteiger partial charge in [0.15, 0.2) is 0 Å². The molecule has 0 amide bonds. The van der Waals surface area contributed by atoms with Crippen LogP contribution in [0, 0.1) is 5.82 Å². The molecule has 0 spiro atoms. The predicted molar refractivity (Wildman–Crippen MR) is 69.6 cm³/mol. The van der Waals surface area contributed by atoms with Crippen molar-refractivity contribution in [3.05, 3.63) is 29.6 Å². The van der Waals surface area contributed by atoms with Crippen molar-refractivity contribution in [3.8, 4) is 0 Å². The Kier molecular flexibility index (Phi) is 4.52. The average molecular weight is 253 g/mol. The summed E-state index contributed by atoms with van der Waals surface area (Å²) in [5.74, 6) is -0.238. The van der Waals surface area contributed by atoms with Gasteiger partial charge in [0.2, 0.25) is 0 Å². The Morgan fingerprint density at radius 2 is 1.83 bits per heavy atom. The van der Waals surface area contributed by atoms with Crippen molar-refractivity contribution >= 4 is 5.69 Å². The van der Waals surface area contributed by atoms with E-state index in [1.54, 1.807) is 6.07 Å². The molecule has 4 nitrogen and oxygen atoms in total. The zero-order chi connectivity index (χ0) is 13.0. The van der Waals surface area contributed by atoms with Gasteiger partial charge in [-0.1, -0.05) is 0 Å². The molecule has 1 aliphatic rings. The fraction of sp³-hybridized carbons (Fsp3) is 0.538. The van der Waals surface area contributed by atoms with Crippen LogP contribution in [0.2, 0.25) is 0 Å². The zero-order valence-electron chi connectivity index (χ0n) is 10.5. The molecule has 1 aromatic carbocycles. The van der Waals surface area contributed by atoms with Gasteiger partial charge in [-0.05, 0) is 23.8 Å². The highest BCUT2D eigenvalue weighted by Crippen LogP contribution is 2.16. The molecule has 1 saturated heterocycles. The van der Waals surface area contributed by atoms with Gasteiger partial charge < -0.3 is 10.8 Å². The summed E-state index contributed by atoms with van der Waals surface area (Å²) in [4.78, 5) is 4.49. The number of rotatable bonds is 4. The number of aliphatic hydroxyl groups excluding tert-OH is 1. The Hall–Kier alpha value is -1.17. The van der Waals surface area contributed by atoms with Gasteiger partial charge in [0.1, 0.15) is 5.82 Å². The number of β-amino-alcohol motifs (C(OH)–C–C–N with tert-alkyl or cyclic N) is 1. The zero-order valence-corrected chi connectivity index (χ0v) is 10.5. The van der Waals surface area contributed by atoms with Crippen LogP contribution in [0.3, 0.4) is 0 Å². The van der Waals surface area contributed by atoms with E-state index in [9.17, 15) is 4.39 Å². The number of hydrogen-bond acceptors (Lipinski definition) is 4. The van der Waals surface area contributed by atoms with Gasteiger partial charge in [-0.3, -0.25) is 9.80 Å². The standard InChI is InChI=1S/C13H20FN3O/c14-12-1-2-13(15)11(9-12)10-17-5-3-16(4-6-17)7-8-18/h1-2,9,18H,3-8,10,15H2. The minimum atomic E-state index is -0.238. The topological polar surface area (TPSA) is 52.7 Å². The lowest BCUT2D eigenvalue weighted by molar-refractivity contribution is 0.108. The number of hydrogen-bond donors (Lipinski definition) is 2. The Bertz CT molecular complexity index is 392. The fourth-order valence-corrected chi connectivity index (χ4v) is 2.26. The van der Waals surface area contributed by atoms with Crippen molar-refractivity contribution in [3.63, 3.8) is 0 Å². The lowest BCUT2D eigenvalue weighted by Gasteiger charge is -2.34. The molecule has 0 saturated carbocycles. The number of halogens is 1. The summed E-state index contributed by atoms with van der Waals surface area (Å²) in [5.41, 5.74) is 7.34. The number of nitrogens with zero attached hydrogens (tertiary/aromatic N) is 2. The summed E-state index contributed by atoms with van der Waals surface area (Å²) in [5, 5.41) is 8.87. The molecule has 2 rings (SSSR count). The smallest absolute Gasteiger partial charge is 0.123 e. The monoisotopic (exact) mass is 253 g/mol. The first-order valence-corrected chi connectivity index (χ1v) is 6.28. The number of piperazine rings is 1. The van der Waals surface area contributed by atoms with E-state index in [0.29, 0.717) is 12.2 Å². The molecule has 0 radical (unpaired) electrons. The van der Waals surface area contributed by atoms with Crippen molar-refractivity contribution in [1.29, 1.82) is 0 Å². The average Bonchev–Trinajstić information content (AvgIpc) is 2.37. The third kappa shape index (κ3) is 3.41. The first kappa shape index (κ1) is 13.3. The van der Waals surface area contributed by atoms with E-state index in [-0.39, 0.29) is 12.4 Å². The summed E-state index contributed by atoms with van der Waals surface area (Å²) in [6, 6.07) is 4.51. The molecule has 1 aromatic rings. The fourth-order valence-electron chi connectivity index (χ4n) is 2.26. The van der Waals surface area contributed by atoms with Gasteiger partial charge in [0.05, 0.1) is 6.61 Å². The molecule has 5 heteroatoms. The molecule has 1 fully saturated rings. The summed E-state index contributed by atoms with van der Waals surface area (Å²) in [6.45, 7) is 5.36. The van der Waals surface area contributed by atoms with Crippen LogP contribution in [0.15, 0.2) is 18.2 Å². The van der Waals surface area contributed by atoms with E-state index in [0.717, 1.165) is 38.3 Å². The van der Waals surface area contributed by atoms with Crippen LogP contribution in [-0.2, 0) is 6.54 Å². The van der Waals surface area contributed by atoms with E-state index < -0.39 is 0 Å². The summed E-state index contributed by atoms with van der Waals surface area (Å²) >= 11 is 0. The first-order chi connectivity index (χ1) is 8.69. The van der Waals surface area contributed by atoms with Crippen molar-refractivity contribution in [2.24, 2.45) is 0 Å². The first-order valence-electron chi connectivity index (χ1n) is 6.28. The number of nitrogen functional groups attached to an aromatic ring is 1. The summed E-state index contributed by atoms with van der Waals surface area (Å²) in [7, 11) is 0. The van der Waals surface area contributed by atoms with E-state index in [4.69, 9.17) is 10.8 Å². The maximum atomic E-state index is 13.2. The molecule has 3 N–H and O–H groups in total. The Balaban J connectivity index is 1.89. The molecule has 0 bridgehead atoms.